The molecule has 0 heterocycles. The van der Waals surface area contributed by atoms with Gasteiger partial charge in [-0.25, -0.2) is 0 Å². The number of rotatable bonds is 9. The van der Waals surface area contributed by atoms with E-state index in [-0.39, 0.29) is 29.7 Å². The first kappa shape index (κ1) is 22.7. The van der Waals surface area contributed by atoms with Crippen LogP contribution >= 0.6 is 24.0 Å². The molecular formula is C16H26F2IN3O2. The summed E-state index contributed by atoms with van der Waals surface area (Å²) in [6.07, 6.45) is 2.84. The van der Waals surface area contributed by atoms with E-state index < -0.39 is 6.61 Å². The van der Waals surface area contributed by atoms with Gasteiger partial charge in [0.1, 0.15) is 0 Å². The number of aliphatic imine (C=N–C) groups is 1. The molecule has 0 saturated heterocycles. The van der Waals surface area contributed by atoms with Crippen LogP contribution < -0.4 is 20.1 Å². The van der Waals surface area contributed by atoms with E-state index in [1.807, 2.05) is 6.07 Å². The minimum atomic E-state index is -2.88. The minimum Gasteiger partial charge on any atom is -0.493 e. The second kappa shape index (κ2) is 13.0. The van der Waals surface area contributed by atoms with Crippen molar-refractivity contribution >= 4 is 29.9 Å². The van der Waals surface area contributed by atoms with Crippen LogP contribution in [-0.4, -0.2) is 39.8 Å². The normalized spacial score (nSPS) is 11.0. The standard InChI is InChI=1S/C16H25F2N3O2.HI/c1-4-5-9-20-16(19-2)21-10-8-12-6-7-13(22-3)14(11-12)23-15(17)18;/h6-7,11,15H,4-5,8-10H2,1-3H3,(H2,19,20,21);1H. The molecule has 8 heteroatoms. The summed E-state index contributed by atoms with van der Waals surface area (Å²) >= 11 is 0. The first-order chi connectivity index (χ1) is 11.1. The Morgan fingerprint density at radius 1 is 1.21 bits per heavy atom. The van der Waals surface area contributed by atoms with Crippen LogP contribution in [0.15, 0.2) is 23.2 Å². The fourth-order valence-electron chi connectivity index (χ4n) is 1.99. The van der Waals surface area contributed by atoms with Gasteiger partial charge in [0.2, 0.25) is 0 Å². The molecule has 5 nitrogen and oxygen atoms in total. The number of unbranched alkanes of at least 4 members (excludes halogenated alkanes) is 1. The van der Waals surface area contributed by atoms with E-state index in [1.165, 1.54) is 7.11 Å². The smallest absolute Gasteiger partial charge is 0.387 e. The molecule has 0 fully saturated rings. The molecule has 0 aliphatic carbocycles. The Labute approximate surface area is 159 Å². The second-order valence-corrected chi connectivity index (χ2v) is 4.89. The van der Waals surface area contributed by atoms with E-state index in [1.54, 1.807) is 19.2 Å². The highest BCUT2D eigenvalue weighted by Gasteiger charge is 2.11. The molecule has 138 valence electrons. The summed E-state index contributed by atoms with van der Waals surface area (Å²) in [7, 11) is 3.13. The topological polar surface area (TPSA) is 54.9 Å². The van der Waals surface area contributed by atoms with Gasteiger partial charge in [-0.05, 0) is 30.5 Å². The third-order valence-electron chi connectivity index (χ3n) is 3.20. The molecule has 0 aromatic heterocycles. The lowest BCUT2D eigenvalue weighted by Gasteiger charge is -2.13. The summed E-state index contributed by atoms with van der Waals surface area (Å²) in [4.78, 5) is 4.13. The maximum Gasteiger partial charge on any atom is 0.387 e. The fraction of sp³-hybridized carbons (Fsp3) is 0.562. The highest BCUT2D eigenvalue weighted by atomic mass is 127. The summed E-state index contributed by atoms with van der Waals surface area (Å²) < 4.78 is 34.3. The van der Waals surface area contributed by atoms with Crippen molar-refractivity contribution in [3.8, 4) is 11.5 Å². The molecular weight excluding hydrogens is 431 g/mol. The molecule has 0 spiro atoms. The van der Waals surface area contributed by atoms with Gasteiger partial charge in [-0.1, -0.05) is 19.4 Å². The Morgan fingerprint density at radius 3 is 2.50 bits per heavy atom. The molecule has 0 unspecified atom stereocenters. The van der Waals surface area contributed by atoms with Crippen LogP contribution in [0.1, 0.15) is 25.3 Å². The largest absolute Gasteiger partial charge is 0.493 e. The quantitative estimate of drug-likeness (QED) is 0.258. The first-order valence-corrected chi connectivity index (χ1v) is 7.67. The van der Waals surface area contributed by atoms with Gasteiger partial charge < -0.3 is 20.1 Å². The van der Waals surface area contributed by atoms with Gasteiger partial charge in [-0.2, -0.15) is 8.78 Å². The molecule has 0 bridgehead atoms. The molecule has 0 aliphatic rings. The lowest BCUT2D eigenvalue weighted by molar-refractivity contribution is -0.0512. The van der Waals surface area contributed by atoms with Gasteiger partial charge in [0.25, 0.3) is 0 Å². The Bertz CT molecular complexity index is 502. The summed E-state index contributed by atoms with van der Waals surface area (Å²) in [6, 6.07) is 5.02. The number of nitrogens with one attached hydrogen (secondary N) is 2. The van der Waals surface area contributed by atoms with Crippen molar-refractivity contribution in [1.82, 2.24) is 10.6 Å². The predicted octanol–water partition coefficient (Wildman–Crippen LogP) is 3.42. The molecule has 24 heavy (non-hydrogen) atoms. The zero-order valence-electron chi connectivity index (χ0n) is 14.3. The zero-order chi connectivity index (χ0) is 17.1. The summed E-state index contributed by atoms with van der Waals surface area (Å²) in [5, 5.41) is 6.39. The third kappa shape index (κ3) is 8.51. The van der Waals surface area contributed by atoms with Crippen LogP contribution in [0.4, 0.5) is 8.78 Å². The number of halogens is 3. The monoisotopic (exact) mass is 457 g/mol. The summed E-state index contributed by atoms with van der Waals surface area (Å²) in [6.45, 7) is 0.747. The number of guanidine groups is 1. The summed E-state index contributed by atoms with van der Waals surface area (Å²) in [5.41, 5.74) is 0.873. The van der Waals surface area contributed by atoms with E-state index in [0.29, 0.717) is 18.7 Å². The highest BCUT2D eigenvalue weighted by molar-refractivity contribution is 14.0. The van der Waals surface area contributed by atoms with E-state index in [9.17, 15) is 8.78 Å². The van der Waals surface area contributed by atoms with Gasteiger partial charge in [-0.15, -0.1) is 24.0 Å². The van der Waals surface area contributed by atoms with Crippen molar-refractivity contribution in [2.45, 2.75) is 32.8 Å². The lowest BCUT2D eigenvalue weighted by Crippen LogP contribution is -2.38. The molecule has 2 N–H and O–H groups in total. The van der Waals surface area contributed by atoms with Crippen molar-refractivity contribution in [2.75, 3.05) is 27.2 Å². The number of hydrogen-bond acceptors (Lipinski definition) is 3. The Kier molecular flexibility index (Phi) is 12.3. The molecule has 1 rings (SSSR count). The highest BCUT2D eigenvalue weighted by Crippen LogP contribution is 2.29. The SMILES string of the molecule is CCCCNC(=NC)NCCc1ccc(OC)c(OC(F)F)c1.I. The maximum atomic E-state index is 12.4. The number of ether oxygens (including phenoxy) is 2. The Balaban J connectivity index is 0.00000529. The molecule has 0 aliphatic heterocycles. The van der Waals surface area contributed by atoms with E-state index >= 15 is 0 Å². The number of methoxy groups -OCH3 is 1. The van der Waals surface area contributed by atoms with Gasteiger partial charge in [0, 0.05) is 20.1 Å². The van der Waals surface area contributed by atoms with Gasteiger partial charge >= 0.3 is 6.61 Å². The van der Waals surface area contributed by atoms with Gasteiger partial charge in [0.15, 0.2) is 17.5 Å². The van der Waals surface area contributed by atoms with Crippen molar-refractivity contribution in [1.29, 1.82) is 0 Å². The average molecular weight is 457 g/mol. The number of hydrogen-bond donors (Lipinski definition) is 2. The van der Waals surface area contributed by atoms with Crippen molar-refractivity contribution in [2.24, 2.45) is 4.99 Å². The predicted molar refractivity (Wildman–Crippen MR) is 103 cm³/mol. The molecule has 0 atom stereocenters. The Hall–Kier alpha value is -1.32. The number of nitrogens with zero attached hydrogens (tertiary/aromatic N) is 1. The lowest BCUT2D eigenvalue weighted by atomic mass is 10.1. The van der Waals surface area contributed by atoms with Crippen LogP contribution in [0, 0.1) is 0 Å². The van der Waals surface area contributed by atoms with Crippen LogP contribution in [0.3, 0.4) is 0 Å². The molecule has 0 radical (unpaired) electrons. The minimum absolute atomic E-state index is 0. The van der Waals surface area contributed by atoms with Crippen molar-refractivity contribution in [3.63, 3.8) is 0 Å². The average Bonchev–Trinajstić information content (AvgIpc) is 2.53. The number of benzene rings is 1. The molecule has 1 aromatic carbocycles. The van der Waals surface area contributed by atoms with Crippen LogP contribution in [0.2, 0.25) is 0 Å². The van der Waals surface area contributed by atoms with Crippen LogP contribution in [0.5, 0.6) is 11.5 Å². The molecule has 1 aromatic rings. The molecule has 0 amide bonds. The van der Waals surface area contributed by atoms with Gasteiger partial charge in [-0.3, -0.25) is 4.99 Å². The number of alkyl halides is 2. The van der Waals surface area contributed by atoms with E-state index in [2.05, 4.69) is 27.3 Å². The van der Waals surface area contributed by atoms with Crippen LogP contribution in [0.25, 0.3) is 0 Å². The maximum absolute atomic E-state index is 12.4. The van der Waals surface area contributed by atoms with Crippen LogP contribution in [-0.2, 0) is 6.42 Å². The first-order valence-electron chi connectivity index (χ1n) is 7.67. The fourth-order valence-corrected chi connectivity index (χ4v) is 1.99. The van der Waals surface area contributed by atoms with E-state index in [0.717, 1.165) is 30.9 Å². The summed E-state index contributed by atoms with van der Waals surface area (Å²) in [5.74, 6) is 1.07. The molecule has 0 saturated carbocycles. The third-order valence-corrected chi connectivity index (χ3v) is 3.20. The second-order valence-electron chi connectivity index (χ2n) is 4.89. The van der Waals surface area contributed by atoms with Crippen molar-refractivity contribution < 1.29 is 18.3 Å². The Morgan fingerprint density at radius 2 is 1.92 bits per heavy atom. The zero-order valence-corrected chi connectivity index (χ0v) is 16.6. The van der Waals surface area contributed by atoms with Gasteiger partial charge in [0.05, 0.1) is 7.11 Å². The van der Waals surface area contributed by atoms with E-state index in [4.69, 9.17) is 4.74 Å². The van der Waals surface area contributed by atoms with Crippen molar-refractivity contribution in [3.05, 3.63) is 23.8 Å².